The van der Waals surface area contributed by atoms with Gasteiger partial charge in [-0.1, -0.05) is 41.9 Å². The summed E-state index contributed by atoms with van der Waals surface area (Å²) in [5.41, 5.74) is 5.78. The first-order valence-corrected chi connectivity index (χ1v) is 11.3. The molecule has 1 heterocycles. The van der Waals surface area contributed by atoms with Crippen LogP contribution in [0.4, 0.5) is 23.7 Å². The molecular weight excluding hydrogens is 507 g/mol. The maximum absolute atomic E-state index is 12.4. The predicted octanol–water partition coefficient (Wildman–Crippen LogP) is 6.89. The summed E-state index contributed by atoms with van der Waals surface area (Å²) in [6, 6.07) is 21.3. The van der Waals surface area contributed by atoms with E-state index in [0.29, 0.717) is 16.4 Å². The van der Waals surface area contributed by atoms with E-state index in [9.17, 15) is 18.0 Å². The van der Waals surface area contributed by atoms with E-state index in [1.165, 1.54) is 30.5 Å². The molecule has 7 nitrogen and oxygen atoms in total. The largest absolute Gasteiger partial charge is 0.573 e. The van der Waals surface area contributed by atoms with E-state index in [0.717, 1.165) is 27.4 Å². The molecule has 0 aliphatic carbocycles. The van der Waals surface area contributed by atoms with Crippen molar-refractivity contribution in [3.05, 3.63) is 95.8 Å². The minimum Gasteiger partial charge on any atom is -0.406 e. The normalized spacial score (nSPS) is 11.8. The number of amides is 2. The van der Waals surface area contributed by atoms with Crippen LogP contribution < -0.4 is 15.5 Å². The van der Waals surface area contributed by atoms with Crippen molar-refractivity contribution in [3.63, 3.8) is 0 Å². The molecular formula is C26H17ClF3N5O2. The van der Waals surface area contributed by atoms with Crippen molar-refractivity contribution in [2.24, 2.45) is 5.10 Å². The second kappa shape index (κ2) is 9.82. The number of aromatic nitrogens is 2. The van der Waals surface area contributed by atoms with E-state index >= 15 is 0 Å². The number of carbonyl (C=O) groups excluding carboxylic acids is 1. The number of ether oxygens (including phenoxy) is 1. The van der Waals surface area contributed by atoms with Gasteiger partial charge >= 0.3 is 12.4 Å². The highest BCUT2D eigenvalue weighted by Crippen LogP contribution is 2.29. The van der Waals surface area contributed by atoms with Gasteiger partial charge in [-0.25, -0.2) is 15.2 Å². The van der Waals surface area contributed by atoms with Crippen LogP contribution in [0.25, 0.3) is 27.5 Å². The van der Waals surface area contributed by atoms with Crippen LogP contribution in [0.5, 0.6) is 5.75 Å². The Morgan fingerprint density at radius 3 is 2.57 bits per heavy atom. The number of anilines is 1. The van der Waals surface area contributed by atoms with Crippen molar-refractivity contribution in [2.75, 3.05) is 5.32 Å². The lowest BCUT2D eigenvalue weighted by Gasteiger charge is -2.10. The van der Waals surface area contributed by atoms with Gasteiger partial charge in [0.25, 0.3) is 0 Å². The van der Waals surface area contributed by atoms with E-state index in [2.05, 4.69) is 25.6 Å². The first kappa shape index (κ1) is 24.1. The highest BCUT2D eigenvalue weighted by Gasteiger charge is 2.31. The number of halogens is 4. The Morgan fingerprint density at radius 2 is 1.81 bits per heavy atom. The lowest BCUT2D eigenvalue weighted by atomic mass is 10.1. The van der Waals surface area contributed by atoms with Crippen molar-refractivity contribution >= 4 is 51.3 Å². The summed E-state index contributed by atoms with van der Waals surface area (Å²) >= 11 is 6.03. The van der Waals surface area contributed by atoms with Crippen LogP contribution in [0.3, 0.4) is 0 Å². The fourth-order valence-electron chi connectivity index (χ4n) is 3.80. The van der Waals surface area contributed by atoms with Crippen LogP contribution in [-0.4, -0.2) is 28.2 Å². The topological polar surface area (TPSA) is 80.5 Å². The molecule has 2 amide bonds. The van der Waals surface area contributed by atoms with Gasteiger partial charge in [0.05, 0.1) is 28.0 Å². The molecule has 0 unspecified atom stereocenters. The zero-order valence-electron chi connectivity index (χ0n) is 18.8. The second-order valence-corrected chi connectivity index (χ2v) is 8.28. The molecule has 4 aromatic carbocycles. The summed E-state index contributed by atoms with van der Waals surface area (Å²) in [5.74, 6) is -0.295. The molecule has 1 aromatic heterocycles. The molecule has 0 atom stereocenters. The minimum absolute atomic E-state index is 0.295. The Morgan fingerprint density at radius 1 is 1.03 bits per heavy atom. The zero-order valence-corrected chi connectivity index (χ0v) is 19.6. The van der Waals surface area contributed by atoms with E-state index in [4.69, 9.17) is 11.6 Å². The van der Waals surface area contributed by atoms with Crippen LogP contribution in [0.2, 0.25) is 5.02 Å². The van der Waals surface area contributed by atoms with Gasteiger partial charge in [0.2, 0.25) is 0 Å². The summed E-state index contributed by atoms with van der Waals surface area (Å²) in [5, 5.41) is 8.79. The maximum atomic E-state index is 12.4. The molecule has 11 heteroatoms. The highest BCUT2D eigenvalue weighted by molar-refractivity contribution is 6.33. The van der Waals surface area contributed by atoms with Gasteiger partial charge in [-0.3, -0.25) is 4.57 Å². The third-order valence-electron chi connectivity index (χ3n) is 5.41. The number of hydrazone groups is 1. The van der Waals surface area contributed by atoms with Crippen molar-refractivity contribution in [2.45, 2.75) is 6.36 Å². The Bertz CT molecular complexity index is 1630. The Hall–Kier alpha value is -4.57. The first-order chi connectivity index (χ1) is 17.8. The Labute approximate surface area is 213 Å². The average Bonchev–Trinajstić information content (AvgIpc) is 3.29. The number of hydrogen-bond acceptors (Lipinski definition) is 4. The monoisotopic (exact) mass is 523 g/mol. The summed E-state index contributed by atoms with van der Waals surface area (Å²) < 4.78 is 43.0. The smallest absolute Gasteiger partial charge is 0.406 e. The second-order valence-electron chi connectivity index (χ2n) is 7.87. The molecule has 0 aliphatic rings. The number of para-hydroxylation sites is 1. The fourth-order valence-corrected chi connectivity index (χ4v) is 3.98. The fraction of sp³-hybridized carbons (Fsp3) is 0.0385. The standard InChI is InChI=1S/C26H17ClF3N5O2/c27-21-3-1-2-4-22(21)33-25(36)34-32-14-16-5-11-20-17(13-16)6-12-23-24(20)31-15-35(23)18-7-9-19(10-8-18)37-26(28,29)30/h1-15H,(H2,33,34,36)/b32-14+. The third-order valence-corrected chi connectivity index (χ3v) is 5.74. The van der Waals surface area contributed by atoms with Gasteiger partial charge < -0.3 is 10.1 Å². The number of imidazole rings is 1. The van der Waals surface area contributed by atoms with E-state index < -0.39 is 12.4 Å². The van der Waals surface area contributed by atoms with Crippen molar-refractivity contribution < 1.29 is 22.7 Å². The number of benzene rings is 4. The quantitative estimate of drug-likeness (QED) is 0.194. The van der Waals surface area contributed by atoms with Gasteiger partial charge in [0, 0.05) is 11.1 Å². The number of fused-ring (bicyclic) bond motifs is 3. The molecule has 0 saturated heterocycles. The number of carbonyl (C=O) groups is 1. The average molecular weight is 524 g/mol. The number of rotatable bonds is 5. The zero-order chi connectivity index (χ0) is 26.0. The van der Waals surface area contributed by atoms with Crippen LogP contribution in [0, 0.1) is 0 Å². The molecule has 0 spiro atoms. The number of alkyl halides is 3. The molecule has 0 bridgehead atoms. The third kappa shape index (κ3) is 5.49. The minimum atomic E-state index is -4.75. The summed E-state index contributed by atoms with van der Waals surface area (Å²) in [6.45, 7) is 0. The van der Waals surface area contributed by atoms with Crippen molar-refractivity contribution in [1.82, 2.24) is 15.0 Å². The molecule has 0 radical (unpaired) electrons. The molecule has 186 valence electrons. The van der Waals surface area contributed by atoms with E-state index in [1.807, 2.05) is 30.3 Å². The lowest BCUT2D eigenvalue weighted by Crippen LogP contribution is -2.24. The van der Waals surface area contributed by atoms with Crippen LogP contribution in [0.1, 0.15) is 5.56 Å². The summed E-state index contributed by atoms with van der Waals surface area (Å²) in [4.78, 5) is 16.6. The van der Waals surface area contributed by atoms with Crippen molar-refractivity contribution in [3.8, 4) is 11.4 Å². The summed E-state index contributed by atoms with van der Waals surface area (Å²) in [6.07, 6.45) is -1.62. The maximum Gasteiger partial charge on any atom is 0.573 e. The lowest BCUT2D eigenvalue weighted by molar-refractivity contribution is -0.274. The molecule has 5 rings (SSSR count). The molecule has 0 fully saturated rings. The van der Waals surface area contributed by atoms with Crippen LogP contribution in [-0.2, 0) is 0 Å². The van der Waals surface area contributed by atoms with Gasteiger partial charge in [0.15, 0.2) is 0 Å². The van der Waals surface area contributed by atoms with Gasteiger partial charge in [-0.05, 0) is 59.5 Å². The van der Waals surface area contributed by atoms with E-state index in [-0.39, 0.29) is 5.75 Å². The van der Waals surface area contributed by atoms with Gasteiger partial charge in [-0.2, -0.15) is 5.10 Å². The molecule has 5 aromatic rings. The SMILES string of the molecule is O=C(N/N=C/c1ccc2c(ccc3c2ncn3-c2ccc(OC(F)(F)F)cc2)c1)Nc1ccccc1Cl. The molecule has 2 N–H and O–H groups in total. The van der Waals surface area contributed by atoms with Crippen LogP contribution in [0.15, 0.2) is 90.3 Å². The number of nitrogens with zero attached hydrogens (tertiary/aromatic N) is 3. The van der Waals surface area contributed by atoms with Crippen molar-refractivity contribution in [1.29, 1.82) is 0 Å². The molecule has 0 aliphatic heterocycles. The first-order valence-electron chi connectivity index (χ1n) is 10.9. The van der Waals surface area contributed by atoms with Gasteiger partial charge in [-0.15, -0.1) is 13.2 Å². The highest BCUT2D eigenvalue weighted by atomic mass is 35.5. The number of nitrogens with one attached hydrogen (secondary N) is 2. The molecule has 37 heavy (non-hydrogen) atoms. The number of urea groups is 1. The summed E-state index contributed by atoms with van der Waals surface area (Å²) in [7, 11) is 0. The van der Waals surface area contributed by atoms with E-state index in [1.54, 1.807) is 35.2 Å². The number of hydrogen-bond donors (Lipinski definition) is 2. The Balaban J connectivity index is 1.32. The van der Waals surface area contributed by atoms with Gasteiger partial charge in [0.1, 0.15) is 12.1 Å². The molecule has 0 saturated carbocycles. The van der Waals surface area contributed by atoms with Crippen LogP contribution >= 0.6 is 11.6 Å². The predicted molar refractivity (Wildman–Crippen MR) is 136 cm³/mol. The Kier molecular flexibility index (Phi) is 6.41.